The number of benzene rings is 2. The van der Waals surface area contributed by atoms with Gasteiger partial charge in [0, 0.05) is 29.7 Å². The molecule has 3 aliphatic carbocycles. The van der Waals surface area contributed by atoms with E-state index in [-0.39, 0.29) is 46.5 Å². The van der Waals surface area contributed by atoms with Crippen LogP contribution in [-0.2, 0) is 19.2 Å². The molecule has 7 rings (SSSR count). The summed E-state index contributed by atoms with van der Waals surface area (Å²) in [5, 5.41) is 11.3. The lowest BCUT2D eigenvalue weighted by Crippen LogP contribution is -2.49. The number of rotatable bonds is 5. The first kappa shape index (κ1) is 30.7. The first-order valence-corrected chi connectivity index (χ1v) is 16.3. The maximum absolute atomic E-state index is 14.6. The molecular formula is C35H36ClFN2O7. The number of fused-ring (bicyclic) bond motifs is 4. The Kier molecular flexibility index (Phi) is 7.42. The molecule has 2 saturated heterocycles. The number of carbonyl (C=O) groups is 4. The predicted octanol–water partition coefficient (Wildman–Crippen LogP) is 5.77. The van der Waals surface area contributed by atoms with Crippen LogP contribution in [0.4, 0.5) is 10.1 Å². The van der Waals surface area contributed by atoms with Crippen LogP contribution in [0.25, 0.3) is 0 Å². The number of phenolic OH excluding ortho intramolecular Hbond substituents is 1. The van der Waals surface area contributed by atoms with Crippen molar-refractivity contribution in [3.8, 4) is 17.2 Å². The number of hydrogen-bond acceptors (Lipinski definition) is 7. The smallest absolute Gasteiger partial charge is 0.241 e. The van der Waals surface area contributed by atoms with Crippen molar-refractivity contribution in [2.24, 2.45) is 29.1 Å². The zero-order valence-corrected chi connectivity index (χ0v) is 26.7. The highest BCUT2D eigenvalue weighted by molar-refractivity contribution is 6.31. The van der Waals surface area contributed by atoms with Crippen LogP contribution < -0.4 is 14.4 Å². The van der Waals surface area contributed by atoms with Crippen LogP contribution >= 0.6 is 11.6 Å². The van der Waals surface area contributed by atoms with Crippen LogP contribution in [0.3, 0.4) is 0 Å². The Labute approximate surface area is 271 Å². The number of anilines is 1. The Bertz CT molecular complexity index is 1700. The number of carbonyl (C=O) groups excluding carboxylic acids is 4. The topological polar surface area (TPSA) is 113 Å². The van der Waals surface area contributed by atoms with Gasteiger partial charge >= 0.3 is 0 Å². The summed E-state index contributed by atoms with van der Waals surface area (Å²) < 4.78 is 25.3. The molecule has 2 aromatic rings. The van der Waals surface area contributed by atoms with Gasteiger partial charge in [0.1, 0.15) is 23.1 Å². The molecule has 46 heavy (non-hydrogen) atoms. The van der Waals surface area contributed by atoms with Gasteiger partial charge in [-0.05, 0) is 56.7 Å². The second kappa shape index (κ2) is 11.1. The van der Waals surface area contributed by atoms with Crippen molar-refractivity contribution in [1.29, 1.82) is 0 Å². The molecule has 4 fully saturated rings. The molecule has 0 radical (unpaired) electrons. The summed E-state index contributed by atoms with van der Waals surface area (Å²) in [6.07, 6.45) is 6.97. The lowest BCUT2D eigenvalue weighted by molar-refractivity contribution is -0.144. The van der Waals surface area contributed by atoms with Crippen molar-refractivity contribution in [2.45, 2.75) is 63.8 Å². The minimum absolute atomic E-state index is 0.132. The van der Waals surface area contributed by atoms with E-state index >= 15 is 0 Å². The third kappa shape index (κ3) is 4.25. The molecule has 4 amide bonds. The standard InChI is InChI=1S/C35H36ClFN2O7/c1-35-23(32(42)39(34(35)44)18-9-12-25(37)24(36)13-18)16-22-20(30(35)29-26(40)14-19(45-2)15-27(29)46-3)10-11-21-28(22)33(43)38(31(21)41)17-7-5-4-6-8-17/h9-10,12-15,17,21-23,28,30,40H,4-8,11,16H2,1-3H3. The molecule has 2 saturated carbocycles. The van der Waals surface area contributed by atoms with Crippen LogP contribution in [0, 0.1) is 34.9 Å². The van der Waals surface area contributed by atoms with E-state index in [1.54, 1.807) is 13.0 Å². The first-order valence-electron chi connectivity index (χ1n) is 15.9. The van der Waals surface area contributed by atoms with Gasteiger partial charge in [-0.2, -0.15) is 0 Å². The molecule has 6 atom stereocenters. The van der Waals surface area contributed by atoms with Crippen LogP contribution in [0.15, 0.2) is 42.0 Å². The predicted molar refractivity (Wildman–Crippen MR) is 166 cm³/mol. The molecule has 0 spiro atoms. The zero-order valence-electron chi connectivity index (χ0n) is 25.9. The summed E-state index contributed by atoms with van der Waals surface area (Å²) in [5.74, 6) is -5.30. The lowest BCUT2D eigenvalue weighted by atomic mass is 9.51. The van der Waals surface area contributed by atoms with Crippen LogP contribution in [0.1, 0.15) is 63.4 Å². The van der Waals surface area contributed by atoms with E-state index in [0.717, 1.165) is 48.6 Å². The van der Waals surface area contributed by atoms with Crippen LogP contribution in [-0.4, -0.2) is 53.9 Å². The van der Waals surface area contributed by atoms with E-state index in [1.807, 2.05) is 6.08 Å². The van der Waals surface area contributed by atoms with Gasteiger partial charge in [-0.15, -0.1) is 0 Å². The highest BCUT2D eigenvalue weighted by atomic mass is 35.5. The van der Waals surface area contributed by atoms with Gasteiger partial charge in [-0.3, -0.25) is 24.1 Å². The largest absolute Gasteiger partial charge is 0.507 e. The van der Waals surface area contributed by atoms with Gasteiger partial charge in [0.05, 0.1) is 48.1 Å². The molecule has 11 heteroatoms. The fraction of sp³-hybridized carbons (Fsp3) is 0.486. The number of allylic oxidation sites excluding steroid dienone is 2. The Morgan fingerprint density at radius 2 is 1.70 bits per heavy atom. The van der Waals surface area contributed by atoms with Gasteiger partial charge in [0.15, 0.2) is 0 Å². The molecule has 9 nitrogen and oxygen atoms in total. The molecular weight excluding hydrogens is 615 g/mol. The Morgan fingerprint density at radius 1 is 0.957 bits per heavy atom. The number of hydrogen-bond donors (Lipinski definition) is 1. The molecule has 0 aromatic heterocycles. The van der Waals surface area contributed by atoms with Gasteiger partial charge < -0.3 is 14.6 Å². The Balaban J connectivity index is 1.39. The first-order chi connectivity index (χ1) is 22.0. The molecule has 6 unspecified atom stereocenters. The Morgan fingerprint density at radius 3 is 2.37 bits per heavy atom. The second-order valence-electron chi connectivity index (χ2n) is 13.4. The maximum atomic E-state index is 14.6. The summed E-state index contributed by atoms with van der Waals surface area (Å²) in [7, 11) is 2.90. The van der Waals surface area contributed by atoms with E-state index in [9.17, 15) is 28.7 Å². The van der Waals surface area contributed by atoms with E-state index < -0.39 is 52.6 Å². The quantitative estimate of drug-likeness (QED) is 0.323. The SMILES string of the molecule is COc1cc(O)c(C2C3=CCC4C(=O)N(C5CCCCC5)C(=O)C4C3CC3C(=O)N(c4ccc(F)c(Cl)c4)C(=O)C32C)c(OC)c1. The second-order valence-corrected chi connectivity index (χ2v) is 13.8. The number of amides is 4. The molecule has 2 aliphatic heterocycles. The summed E-state index contributed by atoms with van der Waals surface area (Å²) >= 11 is 6.09. The molecule has 242 valence electrons. The number of ether oxygens (including phenoxy) is 2. The highest BCUT2D eigenvalue weighted by Crippen LogP contribution is 2.65. The monoisotopic (exact) mass is 650 g/mol. The fourth-order valence-electron chi connectivity index (χ4n) is 9.08. The Hall–Kier alpha value is -3.92. The maximum Gasteiger partial charge on any atom is 0.241 e. The van der Waals surface area contributed by atoms with Crippen molar-refractivity contribution >= 4 is 40.9 Å². The number of aromatic hydroxyl groups is 1. The molecule has 0 bridgehead atoms. The summed E-state index contributed by atoms with van der Waals surface area (Å²) in [4.78, 5) is 59.6. The van der Waals surface area contributed by atoms with E-state index in [4.69, 9.17) is 21.1 Å². The summed E-state index contributed by atoms with van der Waals surface area (Å²) in [6.45, 7) is 1.70. The number of imide groups is 2. The van der Waals surface area contributed by atoms with Crippen LogP contribution in [0.5, 0.6) is 17.2 Å². The molecule has 1 N–H and O–H groups in total. The minimum atomic E-state index is -1.43. The van der Waals surface area contributed by atoms with Crippen molar-refractivity contribution in [1.82, 2.24) is 4.90 Å². The summed E-state index contributed by atoms with van der Waals surface area (Å²) in [6, 6.07) is 6.59. The minimum Gasteiger partial charge on any atom is -0.507 e. The third-order valence-corrected chi connectivity index (χ3v) is 11.5. The van der Waals surface area contributed by atoms with Gasteiger partial charge in [-0.25, -0.2) is 9.29 Å². The molecule has 2 aromatic carbocycles. The summed E-state index contributed by atoms with van der Waals surface area (Å²) in [5.41, 5.74) is -0.273. The van der Waals surface area contributed by atoms with Gasteiger partial charge in [-0.1, -0.05) is 42.5 Å². The van der Waals surface area contributed by atoms with Gasteiger partial charge in [0.2, 0.25) is 23.6 Å². The molecule has 2 heterocycles. The fourth-order valence-corrected chi connectivity index (χ4v) is 9.26. The lowest BCUT2D eigenvalue weighted by Gasteiger charge is -2.49. The van der Waals surface area contributed by atoms with Crippen molar-refractivity contribution in [3.63, 3.8) is 0 Å². The highest BCUT2D eigenvalue weighted by Gasteiger charge is 2.68. The number of halogens is 2. The van der Waals surface area contributed by atoms with Gasteiger partial charge in [0.25, 0.3) is 0 Å². The average Bonchev–Trinajstić information content (AvgIpc) is 3.42. The van der Waals surface area contributed by atoms with Crippen molar-refractivity contribution in [2.75, 3.05) is 19.1 Å². The number of nitrogens with zero attached hydrogens (tertiary/aromatic N) is 2. The third-order valence-electron chi connectivity index (χ3n) is 11.2. The number of likely N-dealkylation sites (tertiary alicyclic amines) is 1. The van der Waals surface area contributed by atoms with E-state index in [1.165, 1.54) is 37.3 Å². The van der Waals surface area contributed by atoms with Crippen molar-refractivity contribution in [3.05, 3.63) is 58.4 Å². The normalized spacial score (nSPS) is 31.1. The van der Waals surface area contributed by atoms with Crippen molar-refractivity contribution < 1.29 is 38.1 Å². The van der Waals surface area contributed by atoms with Crippen LogP contribution in [0.2, 0.25) is 5.02 Å². The number of phenols is 1. The average molecular weight is 651 g/mol. The van der Waals surface area contributed by atoms with E-state index in [0.29, 0.717) is 17.7 Å². The number of methoxy groups -OCH3 is 2. The van der Waals surface area contributed by atoms with E-state index in [2.05, 4.69) is 0 Å². The molecule has 5 aliphatic rings. The zero-order chi connectivity index (χ0) is 32.7.